The number of hydrogen-bond donors (Lipinski definition) is 1. The second-order valence-electron chi connectivity index (χ2n) is 7.71. The number of rotatable bonds is 5. The van der Waals surface area contributed by atoms with Crippen LogP contribution in [0.1, 0.15) is 28.5 Å². The number of ketones is 1. The number of methoxy groups -OCH3 is 1. The van der Waals surface area contributed by atoms with E-state index >= 15 is 0 Å². The van der Waals surface area contributed by atoms with E-state index in [1.807, 2.05) is 12.1 Å². The number of furan rings is 1. The van der Waals surface area contributed by atoms with E-state index in [9.17, 15) is 14.7 Å². The van der Waals surface area contributed by atoms with Gasteiger partial charge in [-0.15, -0.1) is 0 Å². The monoisotopic (exact) mass is 431 g/mol. The molecule has 1 aromatic heterocycles. The van der Waals surface area contributed by atoms with Gasteiger partial charge in [-0.05, 0) is 53.6 Å². The highest BCUT2D eigenvalue weighted by molar-refractivity contribution is 6.46. The zero-order valence-electron chi connectivity index (χ0n) is 17.4. The van der Waals surface area contributed by atoms with Crippen molar-refractivity contribution in [3.8, 4) is 11.5 Å². The Morgan fingerprint density at radius 3 is 2.81 bits per heavy atom. The number of likely N-dealkylation sites (tertiary alicyclic amines) is 1. The Morgan fingerprint density at radius 1 is 1.16 bits per heavy atom. The van der Waals surface area contributed by atoms with E-state index < -0.39 is 17.7 Å². The number of fused-ring (bicyclic) bond motifs is 1. The first kappa shape index (κ1) is 19.9. The van der Waals surface area contributed by atoms with Crippen molar-refractivity contribution in [1.82, 2.24) is 4.90 Å². The fraction of sp³-hybridized carbons (Fsp3) is 0.200. The van der Waals surface area contributed by atoms with Gasteiger partial charge in [-0.1, -0.05) is 12.1 Å². The predicted octanol–water partition coefficient (Wildman–Crippen LogP) is 3.85. The molecule has 1 saturated heterocycles. The second kappa shape index (κ2) is 7.92. The number of carbonyl (C=O) groups excluding carboxylic acids is 2. The molecule has 32 heavy (non-hydrogen) atoms. The minimum atomic E-state index is -0.847. The molecular weight excluding hydrogens is 410 g/mol. The number of ether oxygens (including phenoxy) is 2. The summed E-state index contributed by atoms with van der Waals surface area (Å²) < 4.78 is 16.4. The Kier molecular flexibility index (Phi) is 4.93. The van der Waals surface area contributed by atoms with Crippen LogP contribution < -0.4 is 9.47 Å². The van der Waals surface area contributed by atoms with Crippen molar-refractivity contribution in [1.29, 1.82) is 0 Å². The van der Waals surface area contributed by atoms with E-state index in [0.717, 1.165) is 23.3 Å². The van der Waals surface area contributed by atoms with Gasteiger partial charge in [-0.25, -0.2) is 0 Å². The lowest BCUT2D eigenvalue weighted by Gasteiger charge is -2.23. The fourth-order valence-corrected chi connectivity index (χ4v) is 4.24. The van der Waals surface area contributed by atoms with Gasteiger partial charge in [-0.2, -0.15) is 0 Å². The summed E-state index contributed by atoms with van der Waals surface area (Å²) in [5.41, 5.74) is 2.21. The molecule has 0 aliphatic carbocycles. The quantitative estimate of drug-likeness (QED) is 0.375. The number of aliphatic hydroxyl groups excluding tert-OH is 1. The summed E-state index contributed by atoms with van der Waals surface area (Å²) in [6.45, 7) is 0.735. The van der Waals surface area contributed by atoms with Crippen molar-refractivity contribution in [2.45, 2.75) is 19.0 Å². The van der Waals surface area contributed by atoms with Gasteiger partial charge in [0.15, 0.2) is 0 Å². The Morgan fingerprint density at radius 2 is 2.03 bits per heavy atom. The normalized spacial score (nSPS) is 19.2. The van der Waals surface area contributed by atoms with Crippen LogP contribution in [0.25, 0.3) is 5.76 Å². The molecule has 3 aromatic rings. The molecule has 7 heteroatoms. The molecule has 1 atom stereocenters. The van der Waals surface area contributed by atoms with Crippen LogP contribution in [0.5, 0.6) is 11.5 Å². The van der Waals surface area contributed by atoms with Gasteiger partial charge in [-0.3, -0.25) is 9.59 Å². The van der Waals surface area contributed by atoms with Crippen LogP contribution in [0.3, 0.4) is 0 Å². The molecule has 2 aromatic carbocycles. The van der Waals surface area contributed by atoms with Crippen LogP contribution >= 0.6 is 0 Å². The first-order chi connectivity index (χ1) is 15.6. The molecule has 1 amide bonds. The molecule has 0 saturated carbocycles. The van der Waals surface area contributed by atoms with Crippen molar-refractivity contribution in [2.75, 3.05) is 13.7 Å². The third-order valence-electron chi connectivity index (χ3n) is 5.80. The third kappa shape index (κ3) is 3.32. The van der Waals surface area contributed by atoms with E-state index in [0.29, 0.717) is 23.7 Å². The molecule has 0 spiro atoms. The number of hydrogen-bond acceptors (Lipinski definition) is 6. The zero-order chi connectivity index (χ0) is 22.2. The second-order valence-corrected chi connectivity index (χ2v) is 7.71. The van der Waals surface area contributed by atoms with Crippen LogP contribution in [0.2, 0.25) is 0 Å². The van der Waals surface area contributed by atoms with Crippen molar-refractivity contribution in [2.24, 2.45) is 0 Å². The summed E-state index contributed by atoms with van der Waals surface area (Å²) in [6, 6.07) is 15.1. The number of nitrogens with zero attached hydrogens (tertiary/aromatic N) is 1. The first-order valence-corrected chi connectivity index (χ1v) is 10.3. The van der Waals surface area contributed by atoms with E-state index in [4.69, 9.17) is 13.9 Å². The van der Waals surface area contributed by atoms with Crippen LogP contribution in [-0.2, 0) is 22.6 Å². The maximum absolute atomic E-state index is 13.1. The molecule has 0 radical (unpaired) electrons. The summed E-state index contributed by atoms with van der Waals surface area (Å²) >= 11 is 0. The minimum Gasteiger partial charge on any atom is -0.507 e. The van der Waals surface area contributed by atoms with Crippen molar-refractivity contribution in [3.63, 3.8) is 0 Å². The lowest BCUT2D eigenvalue weighted by atomic mass is 9.98. The minimum absolute atomic E-state index is 0.00621. The molecule has 0 bridgehead atoms. The summed E-state index contributed by atoms with van der Waals surface area (Å²) in [5.74, 6) is 0.145. The van der Waals surface area contributed by atoms with Gasteiger partial charge < -0.3 is 23.9 Å². The number of carbonyl (C=O) groups is 2. The third-order valence-corrected chi connectivity index (χ3v) is 5.80. The average molecular weight is 431 g/mol. The highest BCUT2D eigenvalue weighted by Crippen LogP contribution is 2.41. The standard InChI is InChI=1S/C25H21NO6/c1-30-18-5-2-4-15(12-18)14-26-22(20-6-3-10-31-20)21(24(28)25(26)29)23(27)17-7-8-19-16(13-17)9-11-32-19/h2-8,10,12-13,22,27H,9,11,14H2,1H3/b23-21-. The SMILES string of the molecule is COc1cccc(CN2C(=O)C(=O)/C(=C(\O)c3ccc4c(c3)CCO4)C2c2ccco2)c1. The Hall–Kier alpha value is -4.00. The van der Waals surface area contributed by atoms with Crippen LogP contribution in [0, 0.1) is 0 Å². The number of benzene rings is 2. The Labute approximate surface area is 184 Å². The molecule has 2 aliphatic rings. The van der Waals surface area contributed by atoms with Gasteiger partial charge in [0.2, 0.25) is 0 Å². The van der Waals surface area contributed by atoms with Gasteiger partial charge in [0.1, 0.15) is 29.1 Å². The summed E-state index contributed by atoms with van der Waals surface area (Å²) in [7, 11) is 1.57. The molecule has 3 heterocycles. The van der Waals surface area contributed by atoms with E-state index in [1.54, 1.807) is 49.6 Å². The topological polar surface area (TPSA) is 89.2 Å². The van der Waals surface area contributed by atoms with Gasteiger partial charge in [0.25, 0.3) is 11.7 Å². The van der Waals surface area contributed by atoms with E-state index in [1.165, 1.54) is 11.2 Å². The van der Waals surface area contributed by atoms with Crippen molar-refractivity contribution in [3.05, 3.63) is 88.9 Å². The highest BCUT2D eigenvalue weighted by atomic mass is 16.5. The smallest absolute Gasteiger partial charge is 0.296 e. The molecule has 2 aliphatic heterocycles. The molecule has 1 fully saturated rings. The zero-order valence-corrected chi connectivity index (χ0v) is 17.4. The maximum Gasteiger partial charge on any atom is 0.296 e. The lowest BCUT2D eigenvalue weighted by molar-refractivity contribution is -0.140. The Balaban J connectivity index is 1.59. The number of aliphatic hydroxyl groups is 1. The number of Topliss-reactive ketones (excluding diaryl/α,β-unsaturated/α-hetero) is 1. The molecule has 1 N–H and O–H groups in total. The Bertz CT molecular complexity index is 1230. The number of amides is 1. The molecule has 1 unspecified atom stereocenters. The van der Waals surface area contributed by atoms with Crippen LogP contribution in [0.4, 0.5) is 0 Å². The van der Waals surface area contributed by atoms with Crippen molar-refractivity contribution >= 4 is 17.4 Å². The molecule has 162 valence electrons. The van der Waals surface area contributed by atoms with E-state index in [-0.39, 0.29) is 17.9 Å². The molecular formula is C25H21NO6. The summed E-state index contributed by atoms with van der Waals surface area (Å²) in [5, 5.41) is 11.2. The molecule has 5 rings (SSSR count). The van der Waals surface area contributed by atoms with E-state index in [2.05, 4.69) is 0 Å². The van der Waals surface area contributed by atoms with Crippen LogP contribution in [0.15, 0.2) is 70.9 Å². The largest absolute Gasteiger partial charge is 0.507 e. The summed E-state index contributed by atoms with van der Waals surface area (Å²) in [6.07, 6.45) is 2.20. The fourth-order valence-electron chi connectivity index (χ4n) is 4.24. The lowest BCUT2D eigenvalue weighted by Crippen LogP contribution is -2.29. The first-order valence-electron chi connectivity index (χ1n) is 10.3. The van der Waals surface area contributed by atoms with Gasteiger partial charge >= 0.3 is 0 Å². The van der Waals surface area contributed by atoms with Gasteiger partial charge in [0.05, 0.1) is 25.6 Å². The highest BCUT2D eigenvalue weighted by Gasteiger charge is 2.47. The van der Waals surface area contributed by atoms with Gasteiger partial charge in [0, 0.05) is 18.5 Å². The maximum atomic E-state index is 13.1. The summed E-state index contributed by atoms with van der Waals surface area (Å²) in [4.78, 5) is 27.5. The molecule has 7 nitrogen and oxygen atoms in total. The van der Waals surface area contributed by atoms with Crippen molar-refractivity contribution < 1.29 is 28.6 Å². The van der Waals surface area contributed by atoms with Crippen LogP contribution in [-0.4, -0.2) is 35.4 Å². The predicted molar refractivity (Wildman–Crippen MR) is 115 cm³/mol. The average Bonchev–Trinajstić information content (AvgIpc) is 3.55.